The number of hydrogen-bond acceptors (Lipinski definition) is 2. The summed E-state index contributed by atoms with van der Waals surface area (Å²) in [5, 5.41) is 0. The highest BCUT2D eigenvalue weighted by Gasteiger charge is 1.89. The molecule has 3 heteroatoms. The SMILES string of the molecule is BrN1C=NC=CC1. The minimum Gasteiger partial charge on any atom is -0.295 e. The molecule has 1 heterocycles. The average Bonchev–Trinajstić information content (AvgIpc) is 1.69. The first-order valence-corrected chi connectivity index (χ1v) is 2.71. The predicted molar refractivity (Wildman–Crippen MR) is 33.3 cm³/mol. The fourth-order valence-corrected chi connectivity index (χ4v) is 0.640. The number of rotatable bonds is 0. The van der Waals surface area contributed by atoms with Crippen LogP contribution in [-0.4, -0.2) is 16.8 Å². The first-order chi connectivity index (χ1) is 3.39. The Bertz CT molecular complexity index is 108. The minimum absolute atomic E-state index is 0.906. The van der Waals surface area contributed by atoms with E-state index in [2.05, 4.69) is 21.1 Å². The average molecular weight is 161 g/mol. The van der Waals surface area contributed by atoms with Crippen LogP contribution in [0, 0.1) is 0 Å². The lowest BCUT2D eigenvalue weighted by Gasteiger charge is -2.07. The third kappa shape index (κ3) is 1.31. The Hall–Kier alpha value is -0.310. The van der Waals surface area contributed by atoms with Crippen LogP contribution < -0.4 is 0 Å². The molecule has 0 bridgehead atoms. The van der Waals surface area contributed by atoms with Gasteiger partial charge in [0.1, 0.15) is 6.34 Å². The van der Waals surface area contributed by atoms with Crippen molar-refractivity contribution in [1.82, 2.24) is 3.93 Å². The highest BCUT2D eigenvalue weighted by molar-refractivity contribution is 9.07. The fraction of sp³-hybridized carbons (Fsp3) is 0.250. The maximum Gasteiger partial charge on any atom is 0.101 e. The van der Waals surface area contributed by atoms with Crippen LogP contribution in [0.2, 0.25) is 0 Å². The van der Waals surface area contributed by atoms with E-state index in [1.165, 1.54) is 0 Å². The van der Waals surface area contributed by atoms with E-state index in [4.69, 9.17) is 0 Å². The van der Waals surface area contributed by atoms with E-state index in [9.17, 15) is 0 Å². The van der Waals surface area contributed by atoms with Crippen LogP contribution in [0.25, 0.3) is 0 Å². The first-order valence-electron chi connectivity index (χ1n) is 2.00. The molecule has 2 nitrogen and oxygen atoms in total. The second-order valence-corrected chi connectivity index (χ2v) is 2.14. The van der Waals surface area contributed by atoms with Crippen molar-refractivity contribution < 1.29 is 0 Å². The maximum atomic E-state index is 3.83. The van der Waals surface area contributed by atoms with E-state index in [0.717, 1.165) is 6.54 Å². The summed E-state index contributed by atoms with van der Waals surface area (Å²) in [6, 6.07) is 0. The van der Waals surface area contributed by atoms with Gasteiger partial charge in [-0.2, -0.15) is 0 Å². The van der Waals surface area contributed by atoms with E-state index in [1.54, 1.807) is 12.5 Å². The molecule has 0 saturated carbocycles. The van der Waals surface area contributed by atoms with Crippen LogP contribution in [0.4, 0.5) is 0 Å². The van der Waals surface area contributed by atoms with Gasteiger partial charge >= 0.3 is 0 Å². The number of nitrogens with zero attached hydrogens (tertiary/aromatic N) is 2. The minimum atomic E-state index is 0.906. The topological polar surface area (TPSA) is 15.6 Å². The zero-order valence-corrected chi connectivity index (χ0v) is 5.30. The normalized spacial score (nSPS) is 18.1. The molecule has 0 atom stereocenters. The third-order valence-corrected chi connectivity index (χ3v) is 1.14. The van der Waals surface area contributed by atoms with Gasteiger partial charge in [-0.3, -0.25) is 3.93 Å². The zero-order chi connectivity index (χ0) is 5.11. The van der Waals surface area contributed by atoms with Gasteiger partial charge in [-0.25, -0.2) is 4.99 Å². The Labute approximate surface area is 50.9 Å². The summed E-state index contributed by atoms with van der Waals surface area (Å²) in [6.07, 6.45) is 5.46. The second kappa shape index (κ2) is 2.12. The Morgan fingerprint density at radius 2 is 2.57 bits per heavy atom. The molecule has 7 heavy (non-hydrogen) atoms. The molecule has 0 saturated heterocycles. The monoisotopic (exact) mass is 160 g/mol. The summed E-state index contributed by atoms with van der Waals surface area (Å²) in [5.74, 6) is 0. The van der Waals surface area contributed by atoms with Gasteiger partial charge in [-0.15, -0.1) is 0 Å². The molecule has 0 amide bonds. The van der Waals surface area contributed by atoms with Crippen LogP contribution in [0.3, 0.4) is 0 Å². The smallest absolute Gasteiger partial charge is 0.101 e. The summed E-state index contributed by atoms with van der Waals surface area (Å²) in [6.45, 7) is 0.906. The summed E-state index contributed by atoms with van der Waals surface area (Å²) >= 11 is 3.22. The van der Waals surface area contributed by atoms with Crippen molar-refractivity contribution in [1.29, 1.82) is 0 Å². The van der Waals surface area contributed by atoms with Crippen molar-refractivity contribution in [2.75, 3.05) is 6.54 Å². The maximum absolute atomic E-state index is 3.83. The van der Waals surface area contributed by atoms with Crippen LogP contribution in [-0.2, 0) is 0 Å². The first kappa shape index (κ1) is 4.84. The molecule has 1 rings (SSSR count). The highest BCUT2D eigenvalue weighted by Crippen LogP contribution is 1.96. The van der Waals surface area contributed by atoms with Crippen LogP contribution >= 0.6 is 16.1 Å². The summed E-state index contributed by atoms with van der Waals surface area (Å²) in [5.41, 5.74) is 0. The zero-order valence-electron chi connectivity index (χ0n) is 3.71. The lowest BCUT2D eigenvalue weighted by molar-refractivity contribution is 0.793. The summed E-state index contributed by atoms with van der Waals surface area (Å²) in [4.78, 5) is 3.83. The van der Waals surface area contributed by atoms with Crippen molar-refractivity contribution in [3.05, 3.63) is 12.3 Å². The Balaban J connectivity index is 2.49. The van der Waals surface area contributed by atoms with Gasteiger partial charge in [0.25, 0.3) is 0 Å². The van der Waals surface area contributed by atoms with Gasteiger partial charge < -0.3 is 0 Å². The van der Waals surface area contributed by atoms with Crippen LogP contribution in [0.1, 0.15) is 0 Å². The molecule has 38 valence electrons. The molecule has 1 aliphatic heterocycles. The van der Waals surface area contributed by atoms with Crippen molar-refractivity contribution >= 4 is 22.5 Å². The lowest BCUT2D eigenvalue weighted by Crippen LogP contribution is -2.09. The van der Waals surface area contributed by atoms with Gasteiger partial charge in [0.2, 0.25) is 0 Å². The largest absolute Gasteiger partial charge is 0.295 e. The number of halogens is 1. The fourth-order valence-electron chi connectivity index (χ4n) is 0.367. The second-order valence-electron chi connectivity index (χ2n) is 1.23. The van der Waals surface area contributed by atoms with E-state index < -0.39 is 0 Å². The molecule has 0 aromatic rings. The molecular formula is C4H5BrN2. The van der Waals surface area contributed by atoms with E-state index in [-0.39, 0.29) is 0 Å². The molecule has 1 aliphatic rings. The van der Waals surface area contributed by atoms with Gasteiger partial charge in [0, 0.05) is 6.20 Å². The van der Waals surface area contributed by atoms with Crippen molar-refractivity contribution in [2.45, 2.75) is 0 Å². The Morgan fingerprint density at radius 3 is 2.86 bits per heavy atom. The molecule has 0 fully saturated rings. The van der Waals surface area contributed by atoms with Crippen molar-refractivity contribution in [3.63, 3.8) is 0 Å². The lowest BCUT2D eigenvalue weighted by atomic mass is 10.6. The molecule has 0 unspecified atom stereocenters. The molecule has 0 aromatic heterocycles. The highest BCUT2D eigenvalue weighted by atomic mass is 79.9. The Kier molecular flexibility index (Phi) is 1.46. The van der Waals surface area contributed by atoms with Crippen LogP contribution in [0.5, 0.6) is 0 Å². The van der Waals surface area contributed by atoms with E-state index >= 15 is 0 Å². The molecule has 0 N–H and O–H groups in total. The van der Waals surface area contributed by atoms with Crippen LogP contribution in [0.15, 0.2) is 17.3 Å². The molecule has 0 spiro atoms. The Morgan fingerprint density at radius 1 is 1.71 bits per heavy atom. The standard InChI is InChI=1S/C4H5BrN2/c5-7-3-1-2-6-4-7/h1-2,4H,3H2. The van der Waals surface area contributed by atoms with E-state index in [0.29, 0.717) is 0 Å². The van der Waals surface area contributed by atoms with Crippen molar-refractivity contribution in [3.8, 4) is 0 Å². The van der Waals surface area contributed by atoms with Gasteiger partial charge in [0.05, 0.1) is 22.7 Å². The summed E-state index contributed by atoms with van der Waals surface area (Å²) in [7, 11) is 0. The molecular weight excluding hydrogens is 156 g/mol. The van der Waals surface area contributed by atoms with Gasteiger partial charge in [-0.05, 0) is 6.08 Å². The third-order valence-electron chi connectivity index (χ3n) is 0.663. The molecule has 0 aliphatic carbocycles. The predicted octanol–water partition coefficient (Wildman–Crippen LogP) is 1.15. The van der Waals surface area contributed by atoms with Crippen molar-refractivity contribution in [2.24, 2.45) is 4.99 Å². The van der Waals surface area contributed by atoms with Gasteiger partial charge in [0.15, 0.2) is 0 Å². The van der Waals surface area contributed by atoms with Gasteiger partial charge in [-0.1, -0.05) is 0 Å². The molecule has 0 aromatic carbocycles. The quantitative estimate of drug-likeness (QED) is 0.486. The molecule has 0 radical (unpaired) electrons. The summed E-state index contributed by atoms with van der Waals surface area (Å²) < 4.78 is 1.83. The van der Waals surface area contributed by atoms with E-state index in [1.807, 2.05) is 10.0 Å². The number of hydrogen-bond donors (Lipinski definition) is 0. The number of aliphatic imine (C=N–C) groups is 1.